The molecule has 3 amide bonds. The summed E-state index contributed by atoms with van der Waals surface area (Å²) in [5, 5.41) is 5.65. The number of carbonyl (C=O) groups excluding carboxylic acids is 2. The van der Waals surface area contributed by atoms with E-state index in [1.54, 1.807) is 0 Å². The molecule has 5 nitrogen and oxygen atoms in total. The van der Waals surface area contributed by atoms with E-state index in [2.05, 4.69) is 10.6 Å². The molecular weight excluding hydrogens is 314 g/mol. The molecular formula is C20H23N3O2. The highest BCUT2D eigenvalue weighted by molar-refractivity contribution is 5.94. The zero-order chi connectivity index (χ0) is 17.8. The molecule has 2 aromatic rings. The normalized spacial score (nSPS) is 13.3. The predicted octanol–water partition coefficient (Wildman–Crippen LogP) is 3.42. The van der Waals surface area contributed by atoms with Crippen LogP contribution in [0.1, 0.15) is 35.3 Å². The Morgan fingerprint density at radius 1 is 1.04 bits per heavy atom. The molecule has 0 saturated carbocycles. The van der Waals surface area contributed by atoms with Gasteiger partial charge < -0.3 is 15.5 Å². The zero-order valence-electron chi connectivity index (χ0n) is 14.6. The van der Waals surface area contributed by atoms with Crippen LogP contribution in [0, 0.1) is 0 Å². The number of nitrogens with zero attached hydrogens (tertiary/aromatic N) is 1. The van der Waals surface area contributed by atoms with Gasteiger partial charge in [-0.25, -0.2) is 4.79 Å². The van der Waals surface area contributed by atoms with Gasteiger partial charge in [0.15, 0.2) is 0 Å². The molecule has 0 saturated heterocycles. The summed E-state index contributed by atoms with van der Waals surface area (Å²) in [7, 11) is 0. The van der Waals surface area contributed by atoms with Crippen molar-refractivity contribution in [3.8, 4) is 0 Å². The fourth-order valence-electron chi connectivity index (χ4n) is 3.00. The second-order valence-corrected chi connectivity index (χ2v) is 6.58. The molecule has 3 rings (SSSR count). The molecule has 0 atom stereocenters. The van der Waals surface area contributed by atoms with Gasteiger partial charge in [-0.3, -0.25) is 4.79 Å². The van der Waals surface area contributed by atoms with Crippen molar-refractivity contribution in [3.63, 3.8) is 0 Å². The number of urea groups is 1. The van der Waals surface area contributed by atoms with E-state index < -0.39 is 0 Å². The second-order valence-electron chi connectivity index (χ2n) is 6.58. The molecule has 0 aromatic heterocycles. The van der Waals surface area contributed by atoms with Crippen LogP contribution in [0.25, 0.3) is 0 Å². The zero-order valence-corrected chi connectivity index (χ0v) is 14.6. The van der Waals surface area contributed by atoms with Crippen molar-refractivity contribution in [3.05, 3.63) is 65.2 Å². The van der Waals surface area contributed by atoms with Crippen molar-refractivity contribution in [2.45, 2.75) is 32.9 Å². The molecule has 0 spiro atoms. The van der Waals surface area contributed by atoms with E-state index in [1.807, 2.05) is 67.3 Å². The number of nitrogens with one attached hydrogen (secondary N) is 2. The fraction of sp³-hybridized carbons (Fsp3) is 0.300. The van der Waals surface area contributed by atoms with Crippen molar-refractivity contribution in [1.29, 1.82) is 0 Å². The maximum absolute atomic E-state index is 12.6. The molecule has 0 aliphatic carbocycles. The van der Waals surface area contributed by atoms with Crippen molar-refractivity contribution in [2.75, 3.05) is 11.9 Å². The quantitative estimate of drug-likeness (QED) is 0.901. The Bertz CT molecular complexity index is 772. The lowest BCUT2D eigenvalue weighted by Crippen LogP contribution is -2.36. The Labute approximate surface area is 148 Å². The SMILES string of the molecule is CC(C)NC(=O)Nc1ccc2c(c1)CN(C(=O)c1ccccc1)CC2. The van der Waals surface area contributed by atoms with Gasteiger partial charge in [0.2, 0.25) is 0 Å². The Morgan fingerprint density at radius 2 is 1.80 bits per heavy atom. The smallest absolute Gasteiger partial charge is 0.319 e. The van der Waals surface area contributed by atoms with Gasteiger partial charge in [0.1, 0.15) is 0 Å². The molecule has 2 N–H and O–H groups in total. The summed E-state index contributed by atoms with van der Waals surface area (Å²) < 4.78 is 0. The topological polar surface area (TPSA) is 61.4 Å². The molecule has 1 aliphatic heterocycles. The number of hydrogen-bond acceptors (Lipinski definition) is 2. The third-order valence-corrected chi connectivity index (χ3v) is 4.20. The lowest BCUT2D eigenvalue weighted by molar-refractivity contribution is 0.0734. The molecule has 1 aliphatic rings. The monoisotopic (exact) mass is 337 g/mol. The number of anilines is 1. The van der Waals surface area contributed by atoms with Crippen molar-refractivity contribution >= 4 is 17.6 Å². The highest BCUT2D eigenvalue weighted by Crippen LogP contribution is 2.24. The van der Waals surface area contributed by atoms with E-state index >= 15 is 0 Å². The minimum absolute atomic E-state index is 0.0437. The van der Waals surface area contributed by atoms with E-state index in [0.717, 1.165) is 17.7 Å². The highest BCUT2D eigenvalue weighted by Gasteiger charge is 2.22. The minimum atomic E-state index is -0.219. The van der Waals surface area contributed by atoms with E-state index in [0.29, 0.717) is 18.7 Å². The number of benzene rings is 2. The molecule has 0 fully saturated rings. The lowest BCUT2D eigenvalue weighted by atomic mass is 9.98. The van der Waals surface area contributed by atoms with Gasteiger partial charge in [-0.1, -0.05) is 24.3 Å². The molecule has 25 heavy (non-hydrogen) atoms. The Morgan fingerprint density at radius 3 is 2.52 bits per heavy atom. The summed E-state index contributed by atoms with van der Waals surface area (Å²) in [6.07, 6.45) is 0.826. The lowest BCUT2D eigenvalue weighted by Gasteiger charge is -2.29. The van der Waals surface area contributed by atoms with E-state index in [9.17, 15) is 9.59 Å². The molecule has 5 heteroatoms. The first-order valence-electron chi connectivity index (χ1n) is 8.56. The summed E-state index contributed by atoms with van der Waals surface area (Å²) in [4.78, 5) is 26.4. The van der Waals surface area contributed by atoms with Gasteiger partial charge in [-0.05, 0) is 55.7 Å². The highest BCUT2D eigenvalue weighted by atomic mass is 16.2. The Hall–Kier alpha value is -2.82. The molecule has 130 valence electrons. The van der Waals surface area contributed by atoms with E-state index in [-0.39, 0.29) is 18.0 Å². The number of rotatable bonds is 3. The van der Waals surface area contributed by atoms with Crippen molar-refractivity contribution in [1.82, 2.24) is 10.2 Å². The molecule has 2 aromatic carbocycles. The summed E-state index contributed by atoms with van der Waals surface area (Å²) >= 11 is 0. The minimum Gasteiger partial charge on any atom is -0.336 e. The van der Waals surface area contributed by atoms with Crippen LogP contribution in [0.4, 0.5) is 10.5 Å². The van der Waals surface area contributed by atoms with Crippen molar-refractivity contribution < 1.29 is 9.59 Å². The fourth-order valence-corrected chi connectivity index (χ4v) is 3.00. The molecule has 0 bridgehead atoms. The van der Waals surface area contributed by atoms with Gasteiger partial charge in [0, 0.05) is 30.4 Å². The first-order chi connectivity index (χ1) is 12.0. The number of fused-ring (bicyclic) bond motifs is 1. The van der Waals surface area contributed by atoms with Crippen LogP contribution in [0.15, 0.2) is 48.5 Å². The Balaban J connectivity index is 1.72. The van der Waals surface area contributed by atoms with Gasteiger partial charge in [-0.15, -0.1) is 0 Å². The second kappa shape index (κ2) is 7.38. The third-order valence-electron chi connectivity index (χ3n) is 4.20. The first-order valence-corrected chi connectivity index (χ1v) is 8.56. The molecule has 0 unspecified atom stereocenters. The number of carbonyl (C=O) groups is 2. The van der Waals surface area contributed by atoms with Crippen LogP contribution in [0.5, 0.6) is 0 Å². The molecule has 0 radical (unpaired) electrons. The largest absolute Gasteiger partial charge is 0.336 e. The van der Waals surface area contributed by atoms with Crippen LogP contribution in [-0.4, -0.2) is 29.4 Å². The van der Waals surface area contributed by atoms with Crippen LogP contribution in [-0.2, 0) is 13.0 Å². The predicted molar refractivity (Wildman–Crippen MR) is 98.6 cm³/mol. The summed E-state index contributed by atoms with van der Waals surface area (Å²) in [5.41, 5.74) is 3.76. The van der Waals surface area contributed by atoms with Crippen molar-refractivity contribution in [2.24, 2.45) is 0 Å². The van der Waals surface area contributed by atoms with Crippen LogP contribution in [0.2, 0.25) is 0 Å². The van der Waals surface area contributed by atoms with Crippen LogP contribution < -0.4 is 10.6 Å². The van der Waals surface area contributed by atoms with Crippen LogP contribution in [0.3, 0.4) is 0 Å². The van der Waals surface area contributed by atoms with Crippen LogP contribution >= 0.6 is 0 Å². The van der Waals surface area contributed by atoms with Gasteiger partial charge in [-0.2, -0.15) is 0 Å². The number of hydrogen-bond donors (Lipinski definition) is 2. The average Bonchev–Trinajstić information content (AvgIpc) is 2.60. The maximum Gasteiger partial charge on any atom is 0.319 e. The van der Waals surface area contributed by atoms with E-state index in [4.69, 9.17) is 0 Å². The van der Waals surface area contributed by atoms with Gasteiger partial charge >= 0.3 is 6.03 Å². The average molecular weight is 337 g/mol. The summed E-state index contributed by atoms with van der Waals surface area (Å²) in [5.74, 6) is 0.0437. The molecule has 1 heterocycles. The first kappa shape index (κ1) is 17.0. The van der Waals surface area contributed by atoms with E-state index in [1.165, 1.54) is 5.56 Å². The van der Waals surface area contributed by atoms with Gasteiger partial charge in [0.05, 0.1) is 0 Å². The maximum atomic E-state index is 12.6. The summed E-state index contributed by atoms with van der Waals surface area (Å²) in [6, 6.07) is 15.1. The summed E-state index contributed by atoms with van der Waals surface area (Å²) in [6.45, 7) is 5.10. The third kappa shape index (κ3) is 4.18. The Kier molecular flexibility index (Phi) is 5.03. The number of amides is 3. The van der Waals surface area contributed by atoms with Gasteiger partial charge in [0.25, 0.3) is 5.91 Å². The standard InChI is InChI=1S/C20H23N3O2/c1-14(2)21-20(25)22-18-9-8-15-10-11-23(13-17(15)12-18)19(24)16-6-4-3-5-7-16/h3-9,12,14H,10-11,13H2,1-2H3,(H2,21,22,25).